The molecule has 0 bridgehead atoms. The van der Waals surface area contributed by atoms with E-state index in [4.69, 9.17) is 9.84 Å². The molecule has 0 aliphatic rings. The molecule has 0 heterocycles. The quantitative estimate of drug-likeness (QED) is 0.531. The first-order valence-corrected chi connectivity index (χ1v) is 9.57. The van der Waals surface area contributed by atoms with Gasteiger partial charge in [0.2, 0.25) is 0 Å². The first-order chi connectivity index (χ1) is 14.8. The molecule has 3 aromatic rings. The fourth-order valence-corrected chi connectivity index (χ4v) is 2.98. The van der Waals surface area contributed by atoms with Crippen LogP contribution in [-0.2, 0) is 4.79 Å². The average molecular weight is 418 g/mol. The monoisotopic (exact) mass is 418 g/mol. The predicted octanol–water partition coefficient (Wildman–Crippen LogP) is 4.27. The molecule has 0 unspecified atom stereocenters. The Labute approximate surface area is 179 Å². The summed E-state index contributed by atoms with van der Waals surface area (Å²) in [4.78, 5) is 36.0. The highest BCUT2D eigenvalue weighted by Gasteiger charge is 2.14. The molecule has 3 N–H and O–H groups in total. The lowest BCUT2D eigenvalue weighted by molar-refractivity contribution is -0.118. The van der Waals surface area contributed by atoms with Crippen molar-refractivity contribution in [1.82, 2.24) is 0 Å². The van der Waals surface area contributed by atoms with Gasteiger partial charge in [0.05, 0.1) is 16.8 Å². The normalized spacial score (nSPS) is 10.3. The maximum Gasteiger partial charge on any atom is 0.335 e. The topological polar surface area (TPSA) is 105 Å². The van der Waals surface area contributed by atoms with Crippen molar-refractivity contribution < 1.29 is 24.2 Å². The molecule has 0 saturated heterocycles. The average Bonchev–Trinajstić information content (AvgIpc) is 2.74. The van der Waals surface area contributed by atoms with Gasteiger partial charge in [-0.1, -0.05) is 29.8 Å². The third-order valence-electron chi connectivity index (χ3n) is 4.52. The van der Waals surface area contributed by atoms with E-state index in [1.165, 1.54) is 24.3 Å². The zero-order valence-corrected chi connectivity index (χ0v) is 17.1. The van der Waals surface area contributed by atoms with Crippen LogP contribution in [0.4, 0.5) is 11.4 Å². The molecule has 3 rings (SSSR count). The molecule has 7 nitrogen and oxygen atoms in total. The van der Waals surface area contributed by atoms with E-state index >= 15 is 0 Å². The zero-order valence-electron chi connectivity index (χ0n) is 17.1. The molecule has 158 valence electrons. The van der Waals surface area contributed by atoms with E-state index in [1.54, 1.807) is 24.3 Å². The number of nitrogens with one attached hydrogen (secondary N) is 2. The van der Waals surface area contributed by atoms with Crippen molar-refractivity contribution in [3.8, 4) is 5.75 Å². The van der Waals surface area contributed by atoms with Gasteiger partial charge in [0, 0.05) is 5.69 Å². The molecule has 0 atom stereocenters. The summed E-state index contributed by atoms with van der Waals surface area (Å²) in [5, 5.41) is 14.4. The standard InChI is InChI=1S/C24H22N2O5/c1-15-7-12-21(16(2)13-15)31-14-22(27)26-20-6-4-3-5-19(20)23(28)25-18-10-8-17(9-11-18)24(29)30/h3-13H,14H2,1-2H3,(H,25,28)(H,26,27)(H,29,30). The van der Waals surface area contributed by atoms with Crippen LogP contribution < -0.4 is 15.4 Å². The fraction of sp³-hybridized carbons (Fsp3) is 0.125. The number of carbonyl (C=O) groups is 3. The number of aryl methyl sites for hydroxylation is 2. The molecule has 0 aromatic heterocycles. The molecule has 0 spiro atoms. The van der Waals surface area contributed by atoms with Gasteiger partial charge in [-0.2, -0.15) is 0 Å². The number of carbonyl (C=O) groups excluding carboxylic acids is 2. The summed E-state index contributed by atoms with van der Waals surface area (Å²) < 4.78 is 5.59. The highest BCUT2D eigenvalue weighted by atomic mass is 16.5. The number of rotatable bonds is 7. The minimum absolute atomic E-state index is 0.120. The van der Waals surface area contributed by atoms with E-state index in [1.807, 2.05) is 32.0 Å². The third-order valence-corrected chi connectivity index (χ3v) is 4.52. The Balaban J connectivity index is 1.65. The number of benzene rings is 3. The number of para-hydroxylation sites is 1. The van der Waals surface area contributed by atoms with Gasteiger partial charge in [0.25, 0.3) is 11.8 Å². The Morgan fingerprint density at radius 2 is 1.61 bits per heavy atom. The van der Waals surface area contributed by atoms with Gasteiger partial charge in [-0.15, -0.1) is 0 Å². The third kappa shape index (κ3) is 5.70. The van der Waals surface area contributed by atoms with Crippen molar-refractivity contribution in [1.29, 1.82) is 0 Å². The van der Waals surface area contributed by atoms with Crippen molar-refractivity contribution >= 4 is 29.2 Å². The molecule has 0 saturated carbocycles. The second-order valence-corrected chi connectivity index (χ2v) is 6.99. The number of anilines is 2. The summed E-state index contributed by atoms with van der Waals surface area (Å²) >= 11 is 0. The lowest BCUT2D eigenvalue weighted by Gasteiger charge is -2.13. The number of amides is 2. The van der Waals surface area contributed by atoms with Gasteiger partial charge in [-0.05, 0) is 61.9 Å². The Morgan fingerprint density at radius 3 is 2.29 bits per heavy atom. The minimum atomic E-state index is -1.05. The van der Waals surface area contributed by atoms with Crippen LogP contribution in [0.15, 0.2) is 66.7 Å². The number of hydrogen-bond acceptors (Lipinski definition) is 4. The van der Waals surface area contributed by atoms with Crippen LogP contribution in [0.5, 0.6) is 5.75 Å². The van der Waals surface area contributed by atoms with Crippen LogP contribution in [0, 0.1) is 13.8 Å². The largest absolute Gasteiger partial charge is 0.483 e. The maximum atomic E-state index is 12.7. The minimum Gasteiger partial charge on any atom is -0.483 e. The highest BCUT2D eigenvalue weighted by Crippen LogP contribution is 2.20. The van der Waals surface area contributed by atoms with Crippen LogP contribution >= 0.6 is 0 Å². The summed E-state index contributed by atoms with van der Waals surface area (Å²) in [5.74, 6) is -1.26. The Hall–Kier alpha value is -4.13. The molecule has 0 radical (unpaired) electrons. The molecule has 0 aliphatic carbocycles. The van der Waals surface area contributed by atoms with Gasteiger partial charge >= 0.3 is 5.97 Å². The van der Waals surface area contributed by atoms with E-state index in [2.05, 4.69) is 10.6 Å². The molecule has 7 heteroatoms. The van der Waals surface area contributed by atoms with Gasteiger partial charge in [-0.3, -0.25) is 9.59 Å². The summed E-state index contributed by atoms with van der Waals surface area (Å²) in [5.41, 5.74) is 3.21. The molecular weight excluding hydrogens is 396 g/mol. The molecule has 0 aliphatic heterocycles. The second-order valence-electron chi connectivity index (χ2n) is 6.99. The summed E-state index contributed by atoms with van der Waals surface area (Å²) in [6, 6.07) is 18.1. The number of hydrogen-bond donors (Lipinski definition) is 3. The Bertz CT molecular complexity index is 1120. The first kappa shape index (κ1) is 21.6. The smallest absolute Gasteiger partial charge is 0.335 e. The summed E-state index contributed by atoms with van der Waals surface area (Å²) in [7, 11) is 0. The highest BCUT2D eigenvalue weighted by molar-refractivity contribution is 6.10. The van der Waals surface area contributed by atoms with Crippen molar-refractivity contribution in [3.63, 3.8) is 0 Å². The SMILES string of the molecule is Cc1ccc(OCC(=O)Nc2ccccc2C(=O)Nc2ccc(C(=O)O)cc2)c(C)c1. The van der Waals surface area contributed by atoms with Crippen LogP contribution in [-0.4, -0.2) is 29.5 Å². The Morgan fingerprint density at radius 1 is 0.903 bits per heavy atom. The Kier molecular flexibility index (Phi) is 6.67. The van der Waals surface area contributed by atoms with Gasteiger partial charge in [-0.25, -0.2) is 4.79 Å². The lowest BCUT2D eigenvalue weighted by Crippen LogP contribution is -2.23. The van der Waals surface area contributed by atoms with Crippen LogP contribution in [0.1, 0.15) is 31.8 Å². The predicted molar refractivity (Wildman–Crippen MR) is 118 cm³/mol. The molecule has 3 aromatic carbocycles. The maximum absolute atomic E-state index is 12.7. The number of carboxylic acid groups (broad SMARTS) is 1. The first-order valence-electron chi connectivity index (χ1n) is 9.57. The zero-order chi connectivity index (χ0) is 22.4. The van der Waals surface area contributed by atoms with Crippen LogP contribution in [0.2, 0.25) is 0 Å². The van der Waals surface area contributed by atoms with Crippen molar-refractivity contribution in [2.45, 2.75) is 13.8 Å². The summed E-state index contributed by atoms with van der Waals surface area (Å²) in [6.45, 7) is 3.69. The van der Waals surface area contributed by atoms with E-state index in [0.717, 1.165) is 11.1 Å². The lowest BCUT2D eigenvalue weighted by atomic mass is 10.1. The molecule has 2 amide bonds. The van der Waals surface area contributed by atoms with Crippen LogP contribution in [0.3, 0.4) is 0 Å². The molecule has 31 heavy (non-hydrogen) atoms. The number of aromatic carboxylic acids is 1. The van der Waals surface area contributed by atoms with E-state index in [0.29, 0.717) is 17.1 Å². The number of ether oxygens (including phenoxy) is 1. The molecular formula is C24H22N2O5. The van der Waals surface area contributed by atoms with Gasteiger partial charge in [0.15, 0.2) is 6.61 Å². The van der Waals surface area contributed by atoms with E-state index in [-0.39, 0.29) is 17.7 Å². The van der Waals surface area contributed by atoms with Gasteiger partial charge < -0.3 is 20.5 Å². The van der Waals surface area contributed by atoms with Crippen molar-refractivity contribution in [2.24, 2.45) is 0 Å². The van der Waals surface area contributed by atoms with Crippen molar-refractivity contribution in [3.05, 3.63) is 89.0 Å². The van der Waals surface area contributed by atoms with E-state index < -0.39 is 17.8 Å². The second kappa shape index (κ2) is 9.58. The summed E-state index contributed by atoms with van der Waals surface area (Å²) in [6.07, 6.45) is 0. The van der Waals surface area contributed by atoms with Crippen LogP contribution in [0.25, 0.3) is 0 Å². The van der Waals surface area contributed by atoms with Crippen molar-refractivity contribution in [2.75, 3.05) is 17.2 Å². The fourth-order valence-electron chi connectivity index (χ4n) is 2.98. The molecule has 0 fully saturated rings. The van der Waals surface area contributed by atoms with Gasteiger partial charge in [0.1, 0.15) is 5.75 Å². The van der Waals surface area contributed by atoms with E-state index in [9.17, 15) is 14.4 Å². The number of carboxylic acids is 1.